The SMILES string of the molecule is Cc1ccc(S(=O)(=O)n2cc(C(C)(C)C)c(C(=O)O)c2C(N)CCOCc2ccccc2)cc1. The zero-order chi connectivity index (χ0) is 25.1. The number of nitrogens with zero attached hydrogens (tertiary/aromatic N) is 1. The zero-order valence-electron chi connectivity index (χ0n) is 20.0. The Bertz CT molecular complexity index is 1240. The van der Waals surface area contributed by atoms with E-state index in [2.05, 4.69) is 0 Å². The van der Waals surface area contributed by atoms with Crippen molar-refractivity contribution in [3.05, 3.63) is 88.7 Å². The van der Waals surface area contributed by atoms with Crippen LogP contribution >= 0.6 is 0 Å². The average molecular weight is 485 g/mol. The number of carbonyl (C=O) groups is 1. The number of aryl methyl sites for hydroxylation is 1. The number of aromatic carboxylic acids is 1. The number of carboxylic acid groups (broad SMARTS) is 1. The molecule has 1 atom stereocenters. The van der Waals surface area contributed by atoms with Crippen molar-refractivity contribution in [2.45, 2.75) is 57.1 Å². The Morgan fingerprint density at radius 2 is 1.71 bits per heavy atom. The molecule has 0 fully saturated rings. The molecule has 3 rings (SSSR count). The summed E-state index contributed by atoms with van der Waals surface area (Å²) < 4.78 is 33.9. The molecule has 3 aromatic rings. The zero-order valence-corrected chi connectivity index (χ0v) is 20.8. The Labute approximate surface area is 201 Å². The van der Waals surface area contributed by atoms with E-state index in [9.17, 15) is 18.3 Å². The molecule has 0 spiro atoms. The van der Waals surface area contributed by atoms with Gasteiger partial charge in [-0.3, -0.25) is 0 Å². The Morgan fingerprint density at radius 1 is 1.09 bits per heavy atom. The molecule has 1 unspecified atom stereocenters. The van der Waals surface area contributed by atoms with Crippen molar-refractivity contribution in [2.75, 3.05) is 6.61 Å². The molecule has 182 valence electrons. The van der Waals surface area contributed by atoms with Crippen LogP contribution in [0.3, 0.4) is 0 Å². The molecule has 8 heteroatoms. The number of hydrogen-bond acceptors (Lipinski definition) is 5. The van der Waals surface area contributed by atoms with Gasteiger partial charge in [0.05, 0.1) is 22.8 Å². The predicted octanol–water partition coefficient (Wildman–Crippen LogP) is 4.64. The lowest BCUT2D eigenvalue weighted by atomic mass is 9.85. The van der Waals surface area contributed by atoms with Crippen LogP contribution in [0.4, 0.5) is 0 Å². The fourth-order valence-corrected chi connectivity index (χ4v) is 5.21. The van der Waals surface area contributed by atoms with Crippen LogP contribution in [0.5, 0.6) is 0 Å². The minimum Gasteiger partial charge on any atom is -0.478 e. The minimum absolute atomic E-state index is 0.0568. The van der Waals surface area contributed by atoms with Gasteiger partial charge in [-0.1, -0.05) is 68.8 Å². The monoisotopic (exact) mass is 484 g/mol. The van der Waals surface area contributed by atoms with E-state index >= 15 is 0 Å². The molecule has 7 nitrogen and oxygen atoms in total. The molecule has 0 aliphatic rings. The molecule has 2 aromatic carbocycles. The second-order valence-electron chi connectivity index (χ2n) is 9.41. The summed E-state index contributed by atoms with van der Waals surface area (Å²) in [6.45, 7) is 8.02. The van der Waals surface area contributed by atoms with E-state index in [4.69, 9.17) is 10.5 Å². The van der Waals surface area contributed by atoms with E-state index in [1.165, 1.54) is 18.3 Å². The molecule has 1 aromatic heterocycles. The first-order valence-electron chi connectivity index (χ1n) is 11.1. The third-order valence-electron chi connectivity index (χ3n) is 5.64. The normalized spacial score (nSPS) is 13.1. The molecule has 1 heterocycles. The summed E-state index contributed by atoms with van der Waals surface area (Å²) >= 11 is 0. The van der Waals surface area contributed by atoms with Crippen molar-refractivity contribution in [3.8, 4) is 0 Å². The number of hydrogen-bond donors (Lipinski definition) is 2. The molecule has 0 saturated heterocycles. The lowest BCUT2D eigenvalue weighted by Gasteiger charge is -2.19. The van der Waals surface area contributed by atoms with Gasteiger partial charge in [0.1, 0.15) is 0 Å². The van der Waals surface area contributed by atoms with Gasteiger partial charge < -0.3 is 15.6 Å². The van der Waals surface area contributed by atoms with Gasteiger partial charge in [-0.25, -0.2) is 17.2 Å². The summed E-state index contributed by atoms with van der Waals surface area (Å²) in [7, 11) is -4.07. The lowest BCUT2D eigenvalue weighted by molar-refractivity contribution is 0.0691. The van der Waals surface area contributed by atoms with Gasteiger partial charge in [0.2, 0.25) is 0 Å². The van der Waals surface area contributed by atoms with E-state index < -0.39 is 27.4 Å². The van der Waals surface area contributed by atoms with Crippen LogP contribution in [0.15, 0.2) is 65.7 Å². The van der Waals surface area contributed by atoms with Gasteiger partial charge in [-0.05, 0) is 42.0 Å². The van der Waals surface area contributed by atoms with Crippen molar-refractivity contribution >= 4 is 16.0 Å². The van der Waals surface area contributed by atoms with Crippen LogP contribution in [-0.4, -0.2) is 30.1 Å². The number of ether oxygens (including phenoxy) is 1. The molecule has 0 radical (unpaired) electrons. The van der Waals surface area contributed by atoms with E-state index in [1.54, 1.807) is 12.1 Å². The highest BCUT2D eigenvalue weighted by Gasteiger charge is 2.35. The van der Waals surface area contributed by atoms with Crippen LogP contribution in [0.1, 0.15) is 66.0 Å². The number of benzene rings is 2. The topological polar surface area (TPSA) is 112 Å². The number of carboxylic acids is 1. The maximum Gasteiger partial charge on any atom is 0.337 e. The van der Waals surface area contributed by atoms with Crippen molar-refractivity contribution in [3.63, 3.8) is 0 Å². The number of aromatic nitrogens is 1. The highest BCUT2D eigenvalue weighted by molar-refractivity contribution is 7.90. The Morgan fingerprint density at radius 3 is 2.26 bits per heavy atom. The van der Waals surface area contributed by atoms with Crippen molar-refractivity contribution < 1.29 is 23.1 Å². The molecule has 0 saturated carbocycles. The van der Waals surface area contributed by atoms with Gasteiger partial charge in [0.15, 0.2) is 0 Å². The van der Waals surface area contributed by atoms with Crippen LogP contribution in [0.25, 0.3) is 0 Å². The Balaban J connectivity index is 2.00. The van der Waals surface area contributed by atoms with E-state index in [1.807, 2.05) is 58.0 Å². The van der Waals surface area contributed by atoms with E-state index in [0.29, 0.717) is 12.2 Å². The van der Waals surface area contributed by atoms with Crippen LogP contribution < -0.4 is 5.73 Å². The van der Waals surface area contributed by atoms with E-state index in [0.717, 1.165) is 15.1 Å². The molecular formula is C26H32N2O5S. The fraction of sp³-hybridized carbons (Fsp3) is 0.346. The fourth-order valence-electron chi connectivity index (χ4n) is 3.78. The quantitative estimate of drug-likeness (QED) is 0.428. The summed E-state index contributed by atoms with van der Waals surface area (Å²) in [5, 5.41) is 10.1. The summed E-state index contributed by atoms with van der Waals surface area (Å²) in [5.41, 5.74) is 8.14. The first-order chi connectivity index (χ1) is 15.9. The maximum atomic E-state index is 13.6. The van der Waals surface area contributed by atoms with E-state index in [-0.39, 0.29) is 29.2 Å². The first kappa shape index (κ1) is 25.7. The van der Waals surface area contributed by atoms with Crippen LogP contribution in [0, 0.1) is 6.92 Å². The third kappa shape index (κ3) is 5.58. The molecular weight excluding hydrogens is 452 g/mol. The number of rotatable bonds is 9. The summed E-state index contributed by atoms with van der Waals surface area (Å²) in [6.07, 6.45) is 1.66. The highest BCUT2D eigenvalue weighted by atomic mass is 32.2. The lowest BCUT2D eigenvalue weighted by Crippen LogP contribution is -2.24. The minimum atomic E-state index is -4.07. The molecule has 0 aliphatic heterocycles. The smallest absolute Gasteiger partial charge is 0.337 e. The molecule has 0 amide bonds. The first-order valence-corrected chi connectivity index (χ1v) is 12.6. The second-order valence-corrected chi connectivity index (χ2v) is 11.2. The summed E-state index contributed by atoms with van der Waals surface area (Å²) in [6, 6.07) is 15.2. The van der Waals surface area contributed by atoms with Gasteiger partial charge in [-0.2, -0.15) is 0 Å². The van der Waals surface area contributed by atoms with Gasteiger partial charge >= 0.3 is 5.97 Å². The van der Waals surface area contributed by atoms with Crippen molar-refractivity contribution in [1.29, 1.82) is 0 Å². The van der Waals surface area contributed by atoms with Gasteiger partial charge in [0, 0.05) is 18.8 Å². The Kier molecular flexibility index (Phi) is 7.65. The maximum absolute atomic E-state index is 13.6. The van der Waals surface area contributed by atoms with Crippen molar-refractivity contribution in [2.24, 2.45) is 5.73 Å². The average Bonchev–Trinajstić information content (AvgIpc) is 3.20. The largest absolute Gasteiger partial charge is 0.478 e. The second kappa shape index (κ2) is 10.1. The summed E-state index contributed by atoms with van der Waals surface area (Å²) in [4.78, 5) is 12.4. The van der Waals surface area contributed by atoms with Crippen LogP contribution in [0.2, 0.25) is 0 Å². The molecule has 0 aliphatic carbocycles. The predicted molar refractivity (Wildman–Crippen MR) is 131 cm³/mol. The summed E-state index contributed by atoms with van der Waals surface area (Å²) in [5.74, 6) is -1.21. The Hall–Kier alpha value is -2.94. The molecule has 0 bridgehead atoms. The molecule has 34 heavy (non-hydrogen) atoms. The molecule has 3 N–H and O–H groups in total. The van der Waals surface area contributed by atoms with Crippen molar-refractivity contribution in [1.82, 2.24) is 3.97 Å². The standard InChI is InChI=1S/C26H32N2O5S/c1-18-10-12-20(13-11-18)34(31,32)28-16-21(26(2,3)4)23(25(29)30)24(28)22(27)14-15-33-17-19-8-6-5-7-9-19/h5-13,16,22H,14-15,17,27H2,1-4H3,(H,29,30). The number of nitrogens with two attached hydrogens (primary N) is 1. The van der Waals surface area contributed by atoms with Gasteiger partial charge in [-0.15, -0.1) is 0 Å². The third-order valence-corrected chi connectivity index (χ3v) is 7.33. The van der Waals surface area contributed by atoms with Gasteiger partial charge in [0.25, 0.3) is 10.0 Å². The van der Waals surface area contributed by atoms with Crippen LogP contribution in [-0.2, 0) is 26.8 Å². The highest BCUT2D eigenvalue weighted by Crippen LogP contribution is 2.35.